The van der Waals surface area contributed by atoms with Gasteiger partial charge in [-0.1, -0.05) is 12.8 Å². The van der Waals surface area contributed by atoms with Gasteiger partial charge in [0.1, 0.15) is 0 Å². The highest BCUT2D eigenvalue weighted by molar-refractivity contribution is 7.10. The molecule has 1 unspecified atom stereocenters. The zero-order valence-corrected chi connectivity index (χ0v) is 11.7. The molecule has 1 aliphatic heterocycles. The van der Waals surface area contributed by atoms with Gasteiger partial charge in [-0.2, -0.15) is 0 Å². The Kier molecular flexibility index (Phi) is 3.29. The highest BCUT2D eigenvalue weighted by Gasteiger charge is 2.26. The number of fused-ring (bicyclic) bond motifs is 1. The lowest BCUT2D eigenvalue weighted by Gasteiger charge is -2.34. The van der Waals surface area contributed by atoms with Crippen LogP contribution in [-0.2, 0) is 6.42 Å². The van der Waals surface area contributed by atoms with Crippen molar-refractivity contribution in [3.05, 3.63) is 21.9 Å². The van der Waals surface area contributed by atoms with Gasteiger partial charge >= 0.3 is 0 Å². The van der Waals surface area contributed by atoms with Gasteiger partial charge in [-0.05, 0) is 43.2 Å². The third-order valence-electron chi connectivity index (χ3n) is 4.21. The van der Waals surface area contributed by atoms with Crippen LogP contribution in [0.1, 0.15) is 49.1 Å². The lowest BCUT2D eigenvalue weighted by atomic mass is 10.0. The zero-order chi connectivity index (χ0) is 12.5. The number of guanidine groups is 1. The van der Waals surface area contributed by atoms with Crippen molar-refractivity contribution in [3.8, 4) is 0 Å². The molecule has 4 heteroatoms. The maximum atomic E-state index is 6.22. The zero-order valence-electron chi connectivity index (χ0n) is 10.9. The molecule has 0 aromatic carbocycles. The molecule has 2 heterocycles. The lowest BCUT2D eigenvalue weighted by molar-refractivity contribution is 0.316. The van der Waals surface area contributed by atoms with Crippen molar-refractivity contribution in [2.45, 2.75) is 51.1 Å². The molecule has 1 aliphatic carbocycles. The first-order valence-corrected chi connectivity index (χ1v) is 7.80. The van der Waals surface area contributed by atoms with Crippen molar-refractivity contribution in [1.82, 2.24) is 4.90 Å². The summed E-state index contributed by atoms with van der Waals surface area (Å²) in [7, 11) is 0. The molecule has 1 aromatic heterocycles. The van der Waals surface area contributed by atoms with E-state index in [1.54, 1.807) is 0 Å². The molecule has 3 nitrogen and oxygen atoms in total. The second-order valence-electron chi connectivity index (χ2n) is 5.34. The molecule has 1 saturated carbocycles. The average Bonchev–Trinajstić information content (AvgIpc) is 2.99. The predicted octanol–water partition coefficient (Wildman–Crippen LogP) is 2.92. The van der Waals surface area contributed by atoms with Gasteiger partial charge in [-0.15, -0.1) is 11.3 Å². The number of hydrogen-bond donors (Lipinski definition) is 1. The number of thiophene rings is 1. The molecule has 2 aliphatic rings. The van der Waals surface area contributed by atoms with E-state index in [1.807, 2.05) is 11.3 Å². The number of nitrogens with zero attached hydrogens (tertiary/aromatic N) is 2. The summed E-state index contributed by atoms with van der Waals surface area (Å²) in [5.41, 5.74) is 7.66. The van der Waals surface area contributed by atoms with Gasteiger partial charge in [-0.3, -0.25) is 0 Å². The molecule has 1 atom stereocenters. The quantitative estimate of drug-likeness (QED) is 0.625. The van der Waals surface area contributed by atoms with Crippen LogP contribution in [0.3, 0.4) is 0 Å². The number of aliphatic imine (C=N–C) groups is 1. The fourth-order valence-electron chi connectivity index (χ4n) is 3.12. The van der Waals surface area contributed by atoms with E-state index in [0.717, 1.165) is 18.9 Å². The summed E-state index contributed by atoms with van der Waals surface area (Å²) in [5.74, 6) is 0.756. The average molecular weight is 263 g/mol. The molecule has 0 saturated heterocycles. The molecule has 3 rings (SSSR count). The van der Waals surface area contributed by atoms with Gasteiger partial charge < -0.3 is 10.6 Å². The van der Waals surface area contributed by atoms with Crippen LogP contribution in [0.25, 0.3) is 0 Å². The van der Waals surface area contributed by atoms with E-state index in [9.17, 15) is 0 Å². The Bertz CT molecular complexity index is 446. The molecular formula is C14H21N3S. The van der Waals surface area contributed by atoms with Crippen molar-refractivity contribution in [3.63, 3.8) is 0 Å². The third kappa shape index (κ3) is 2.14. The van der Waals surface area contributed by atoms with Gasteiger partial charge in [0, 0.05) is 11.4 Å². The van der Waals surface area contributed by atoms with Crippen LogP contribution in [0.4, 0.5) is 0 Å². The first-order chi connectivity index (χ1) is 8.75. The van der Waals surface area contributed by atoms with E-state index in [4.69, 9.17) is 10.7 Å². The lowest BCUT2D eigenvalue weighted by Crippen LogP contribution is -2.43. The Balaban J connectivity index is 1.77. The summed E-state index contributed by atoms with van der Waals surface area (Å²) >= 11 is 1.87. The van der Waals surface area contributed by atoms with Gasteiger partial charge in [0.05, 0.1) is 12.1 Å². The molecule has 1 fully saturated rings. The van der Waals surface area contributed by atoms with E-state index in [-0.39, 0.29) is 0 Å². The minimum Gasteiger partial charge on any atom is -0.370 e. The second-order valence-corrected chi connectivity index (χ2v) is 6.34. The van der Waals surface area contributed by atoms with E-state index < -0.39 is 0 Å². The largest absolute Gasteiger partial charge is 0.370 e. The van der Waals surface area contributed by atoms with Gasteiger partial charge in [-0.25, -0.2) is 4.99 Å². The van der Waals surface area contributed by atoms with Crippen LogP contribution >= 0.6 is 11.3 Å². The summed E-state index contributed by atoms with van der Waals surface area (Å²) in [5, 5.41) is 2.19. The van der Waals surface area contributed by atoms with Crippen molar-refractivity contribution in [1.29, 1.82) is 0 Å². The highest BCUT2D eigenvalue weighted by Crippen LogP contribution is 2.32. The van der Waals surface area contributed by atoms with E-state index in [0.29, 0.717) is 12.1 Å². The fourth-order valence-corrected chi connectivity index (χ4v) is 4.08. The van der Waals surface area contributed by atoms with Crippen LogP contribution in [0.2, 0.25) is 0 Å². The topological polar surface area (TPSA) is 41.6 Å². The van der Waals surface area contributed by atoms with Gasteiger partial charge in [0.25, 0.3) is 0 Å². The van der Waals surface area contributed by atoms with E-state index in [1.165, 1.54) is 36.1 Å². The molecule has 0 amide bonds. The molecule has 98 valence electrons. The van der Waals surface area contributed by atoms with E-state index in [2.05, 4.69) is 23.3 Å². The predicted molar refractivity (Wildman–Crippen MR) is 77.0 cm³/mol. The third-order valence-corrected chi connectivity index (χ3v) is 5.21. The monoisotopic (exact) mass is 263 g/mol. The van der Waals surface area contributed by atoms with Crippen molar-refractivity contribution in [2.24, 2.45) is 10.7 Å². The van der Waals surface area contributed by atoms with Crippen LogP contribution < -0.4 is 5.73 Å². The molecule has 0 radical (unpaired) electrons. The molecule has 0 spiro atoms. The Morgan fingerprint density at radius 3 is 3.00 bits per heavy atom. The van der Waals surface area contributed by atoms with Crippen LogP contribution in [-0.4, -0.2) is 23.4 Å². The normalized spacial score (nSPS) is 25.5. The molecule has 2 N–H and O–H groups in total. The first-order valence-electron chi connectivity index (χ1n) is 6.92. The summed E-state index contributed by atoms with van der Waals surface area (Å²) in [6.07, 6.45) is 6.16. The van der Waals surface area contributed by atoms with Crippen molar-refractivity contribution >= 4 is 17.3 Å². The highest BCUT2D eigenvalue weighted by atomic mass is 32.1. The number of rotatable bonds is 1. The van der Waals surface area contributed by atoms with Crippen molar-refractivity contribution in [2.75, 3.05) is 6.54 Å². The molecule has 18 heavy (non-hydrogen) atoms. The number of hydrogen-bond acceptors (Lipinski definition) is 2. The minimum absolute atomic E-state index is 0.380. The summed E-state index contributed by atoms with van der Waals surface area (Å²) in [6.45, 7) is 3.25. The maximum absolute atomic E-state index is 6.22. The summed E-state index contributed by atoms with van der Waals surface area (Å²) in [4.78, 5) is 8.52. The Labute approximate surface area is 113 Å². The van der Waals surface area contributed by atoms with Crippen LogP contribution in [0.5, 0.6) is 0 Å². The summed E-state index contributed by atoms with van der Waals surface area (Å²) < 4.78 is 0. The fraction of sp³-hybridized carbons (Fsp3) is 0.643. The van der Waals surface area contributed by atoms with Crippen LogP contribution in [0, 0.1) is 0 Å². The molecule has 0 bridgehead atoms. The summed E-state index contributed by atoms with van der Waals surface area (Å²) in [6, 6.07) is 3.09. The molecule has 1 aromatic rings. The Hall–Kier alpha value is -1.03. The van der Waals surface area contributed by atoms with Crippen molar-refractivity contribution < 1.29 is 0 Å². The Morgan fingerprint density at radius 1 is 1.44 bits per heavy atom. The Morgan fingerprint density at radius 2 is 2.22 bits per heavy atom. The SMILES string of the molecule is CC1c2ccsc2CCN1C(N)=NC1CCCC1. The molecular weight excluding hydrogens is 242 g/mol. The number of nitrogens with two attached hydrogens (primary N) is 1. The first kappa shape index (κ1) is 12.0. The van der Waals surface area contributed by atoms with E-state index >= 15 is 0 Å². The minimum atomic E-state index is 0.380. The second kappa shape index (κ2) is 4.92. The smallest absolute Gasteiger partial charge is 0.192 e. The van der Waals surface area contributed by atoms with Gasteiger partial charge in [0.2, 0.25) is 0 Å². The standard InChI is InChI=1S/C14H21N3S/c1-10-12-7-9-18-13(12)6-8-17(10)14(15)16-11-4-2-3-5-11/h7,9-11H,2-6,8H2,1H3,(H2,15,16). The van der Waals surface area contributed by atoms with Crippen LogP contribution in [0.15, 0.2) is 16.4 Å². The maximum Gasteiger partial charge on any atom is 0.192 e. The van der Waals surface area contributed by atoms with Gasteiger partial charge in [0.15, 0.2) is 5.96 Å².